The minimum atomic E-state index is -1.51. The second kappa shape index (κ2) is 7.18. The fourth-order valence-corrected chi connectivity index (χ4v) is 9.42. The molecule has 4 heteroatoms. The number of ether oxygens (including phenoxy) is 1. The Morgan fingerprint density at radius 3 is 2.41 bits per heavy atom. The van der Waals surface area contributed by atoms with Crippen LogP contribution < -0.4 is 0 Å². The first-order chi connectivity index (χ1) is 15.7. The molecule has 1 N–H and O–H groups in total. The normalized spacial score (nSPS) is 44.3. The van der Waals surface area contributed by atoms with Crippen molar-refractivity contribution in [3.05, 3.63) is 34.9 Å². The van der Waals surface area contributed by atoms with Crippen molar-refractivity contribution < 1.29 is 19.4 Å². The van der Waals surface area contributed by atoms with Gasteiger partial charge in [0, 0.05) is 29.2 Å². The minimum Gasteiger partial charge on any atom is -0.426 e. The van der Waals surface area contributed by atoms with Crippen molar-refractivity contribution >= 4 is 11.8 Å². The maximum Gasteiger partial charge on any atom is 0.336 e. The number of carbonyl (C=O) groups is 2. The number of cyclic esters (lactones) is 1. The van der Waals surface area contributed by atoms with Gasteiger partial charge in [-0.15, -0.1) is 0 Å². The Kier molecular flexibility index (Phi) is 5.08. The van der Waals surface area contributed by atoms with Crippen LogP contribution in [0, 0.1) is 33.5 Å². The molecule has 0 radical (unpaired) electrons. The second-order valence-electron chi connectivity index (χ2n) is 13.2. The average molecular weight is 467 g/mol. The van der Waals surface area contributed by atoms with Gasteiger partial charge in [-0.05, 0) is 80.6 Å². The predicted molar refractivity (Wildman–Crippen MR) is 133 cm³/mol. The van der Waals surface area contributed by atoms with Gasteiger partial charge in [0.15, 0.2) is 0 Å². The van der Waals surface area contributed by atoms with Crippen LogP contribution >= 0.6 is 0 Å². The maximum absolute atomic E-state index is 12.8. The molecular weight excluding hydrogens is 424 g/mol. The maximum atomic E-state index is 12.8. The van der Waals surface area contributed by atoms with Crippen LogP contribution in [0.25, 0.3) is 0 Å². The van der Waals surface area contributed by atoms with E-state index in [9.17, 15) is 14.7 Å². The zero-order chi connectivity index (χ0) is 24.9. The van der Waals surface area contributed by atoms with Gasteiger partial charge >= 0.3 is 5.97 Å². The van der Waals surface area contributed by atoms with E-state index >= 15 is 0 Å². The van der Waals surface area contributed by atoms with Crippen LogP contribution in [0.5, 0.6) is 0 Å². The lowest BCUT2D eigenvalue weighted by atomic mass is 9.48. The number of hydrogen-bond acceptors (Lipinski definition) is 4. The fraction of sp³-hybridized carbons (Fsp3) is 0.733. The summed E-state index contributed by atoms with van der Waals surface area (Å²) >= 11 is 0. The molecule has 1 unspecified atom stereocenters. The first-order valence-corrected chi connectivity index (χ1v) is 13.3. The summed E-state index contributed by atoms with van der Waals surface area (Å²) in [4.78, 5) is 24.9. The van der Waals surface area contributed by atoms with Gasteiger partial charge in [-0.25, -0.2) is 4.79 Å². The van der Waals surface area contributed by atoms with Gasteiger partial charge in [-0.1, -0.05) is 57.9 Å². The zero-order valence-electron chi connectivity index (χ0n) is 22.0. The Hall–Kier alpha value is -1.68. The highest BCUT2D eigenvalue weighted by Crippen LogP contribution is 2.74. The van der Waals surface area contributed by atoms with Gasteiger partial charge in [-0.3, -0.25) is 4.79 Å². The second-order valence-corrected chi connectivity index (χ2v) is 13.2. The Balaban J connectivity index is 1.54. The monoisotopic (exact) mass is 466 g/mol. The summed E-state index contributed by atoms with van der Waals surface area (Å²) in [7, 11) is 0. The van der Waals surface area contributed by atoms with Crippen molar-refractivity contribution in [3.63, 3.8) is 0 Å². The fourth-order valence-electron chi connectivity index (χ4n) is 9.42. The molecule has 0 aromatic rings. The SMILES string of the molecule is C=C1CC[C@@](C)([C@H](C)CC2(O)C=C(C)C(=O)O2)[C@@]12CCC1=C2CC[C@H]2C(C)(C)C(=O)CC[C@]12C. The summed E-state index contributed by atoms with van der Waals surface area (Å²) in [6, 6.07) is 0. The first-order valence-electron chi connectivity index (χ1n) is 13.3. The molecule has 2 saturated carbocycles. The standard InChI is InChI=1S/C30H42O4/c1-18-16-29(33,34-25(18)32)17-20(3)28(7)14-10-19(2)30(28)15-11-21-22(30)8-9-23-26(4,5)24(31)12-13-27(21,23)6/h16,20,23,33H,2,8-15,17H2,1,3-7H3/t20-,23+,27-,28+,29?,30+/m1/s1. The summed E-state index contributed by atoms with van der Waals surface area (Å²) in [5.41, 5.74) is 4.77. The number of ketones is 1. The molecule has 5 aliphatic rings. The van der Waals surface area contributed by atoms with Crippen LogP contribution in [-0.4, -0.2) is 22.6 Å². The van der Waals surface area contributed by atoms with E-state index in [1.165, 1.54) is 5.57 Å². The molecule has 0 aromatic carbocycles. The predicted octanol–water partition coefficient (Wildman–Crippen LogP) is 6.44. The van der Waals surface area contributed by atoms with Gasteiger partial charge in [0.05, 0.1) is 0 Å². The molecule has 5 rings (SSSR count). The van der Waals surface area contributed by atoms with E-state index < -0.39 is 11.8 Å². The molecule has 34 heavy (non-hydrogen) atoms. The van der Waals surface area contributed by atoms with E-state index in [-0.39, 0.29) is 27.6 Å². The number of aliphatic hydroxyl groups is 1. The van der Waals surface area contributed by atoms with Gasteiger partial charge in [0.25, 0.3) is 0 Å². The summed E-state index contributed by atoms with van der Waals surface area (Å²) in [5.74, 6) is -0.953. The van der Waals surface area contributed by atoms with Crippen molar-refractivity contribution in [1.82, 2.24) is 0 Å². The molecule has 0 aromatic heterocycles. The smallest absolute Gasteiger partial charge is 0.336 e. The first kappa shape index (κ1) is 24.0. The van der Waals surface area contributed by atoms with Gasteiger partial charge < -0.3 is 9.84 Å². The Morgan fingerprint density at radius 1 is 1.06 bits per heavy atom. The van der Waals surface area contributed by atoms with E-state index in [1.54, 1.807) is 24.1 Å². The number of rotatable bonds is 3. The van der Waals surface area contributed by atoms with Crippen molar-refractivity contribution in [3.8, 4) is 0 Å². The quantitative estimate of drug-likeness (QED) is 0.384. The molecule has 0 amide bonds. The number of carbonyl (C=O) groups excluding carboxylic acids is 2. The van der Waals surface area contributed by atoms with Gasteiger partial charge in [0.1, 0.15) is 5.78 Å². The van der Waals surface area contributed by atoms with Crippen LogP contribution in [0.1, 0.15) is 99.3 Å². The highest BCUT2D eigenvalue weighted by molar-refractivity contribution is 5.90. The highest BCUT2D eigenvalue weighted by atomic mass is 16.7. The molecule has 1 heterocycles. The topological polar surface area (TPSA) is 63.6 Å². The van der Waals surface area contributed by atoms with E-state index in [1.807, 2.05) is 0 Å². The molecule has 1 spiro atoms. The van der Waals surface area contributed by atoms with Crippen LogP contribution in [0.4, 0.5) is 0 Å². The van der Waals surface area contributed by atoms with Crippen LogP contribution in [0.3, 0.4) is 0 Å². The van der Waals surface area contributed by atoms with Crippen LogP contribution in [-0.2, 0) is 14.3 Å². The molecule has 4 aliphatic carbocycles. The largest absolute Gasteiger partial charge is 0.426 e. The van der Waals surface area contributed by atoms with Crippen LogP contribution in [0.2, 0.25) is 0 Å². The average Bonchev–Trinajstić information content (AvgIpc) is 3.35. The van der Waals surface area contributed by atoms with E-state index in [0.717, 1.165) is 44.9 Å². The molecular formula is C30H42O4. The molecule has 0 bridgehead atoms. The van der Waals surface area contributed by atoms with E-state index in [4.69, 9.17) is 4.74 Å². The summed E-state index contributed by atoms with van der Waals surface area (Å²) in [5, 5.41) is 11.1. The van der Waals surface area contributed by atoms with Crippen molar-refractivity contribution in [2.45, 2.75) is 105 Å². The number of fused-ring (bicyclic) bond motifs is 3. The molecule has 6 atom stereocenters. The lowest BCUT2D eigenvalue weighted by molar-refractivity contribution is -0.187. The highest BCUT2D eigenvalue weighted by Gasteiger charge is 2.65. The lowest BCUT2D eigenvalue weighted by Gasteiger charge is -2.56. The van der Waals surface area contributed by atoms with Gasteiger partial charge in [-0.2, -0.15) is 0 Å². The summed E-state index contributed by atoms with van der Waals surface area (Å²) in [6.07, 6.45) is 9.99. The molecule has 186 valence electrons. The minimum absolute atomic E-state index is 0.0565. The van der Waals surface area contributed by atoms with Gasteiger partial charge in [0.2, 0.25) is 5.79 Å². The van der Waals surface area contributed by atoms with Crippen molar-refractivity contribution in [2.24, 2.45) is 33.5 Å². The number of Topliss-reactive ketones (excluding diaryl/α,β-unsaturated/α-hetero) is 1. The Labute approximate surface area is 204 Å². The third-order valence-electron chi connectivity index (χ3n) is 11.5. The molecule has 0 saturated heterocycles. The molecule has 2 fully saturated rings. The van der Waals surface area contributed by atoms with Crippen molar-refractivity contribution in [1.29, 1.82) is 0 Å². The third-order valence-corrected chi connectivity index (χ3v) is 11.5. The Bertz CT molecular complexity index is 1050. The lowest BCUT2D eigenvalue weighted by Crippen LogP contribution is -2.51. The Morgan fingerprint density at radius 2 is 1.76 bits per heavy atom. The number of hydrogen-bond donors (Lipinski definition) is 1. The van der Waals surface area contributed by atoms with E-state index in [2.05, 4.69) is 41.2 Å². The van der Waals surface area contributed by atoms with Crippen molar-refractivity contribution in [2.75, 3.05) is 0 Å². The zero-order valence-corrected chi connectivity index (χ0v) is 22.0. The summed E-state index contributed by atoms with van der Waals surface area (Å²) in [6.45, 7) is 17.8. The number of esters is 1. The third kappa shape index (κ3) is 2.87. The molecule has 4 nitrogen and oxygen atoms in total. The van der Waals surface area contributed by atoms with Crippen LogP contribution in [0.15, 0.2) is 34.9 Å². The van der Waals surface area contributed by atoms with E-state index in [0.29, 0.717) is 30.1 Å². The summed E-state index contributed by atoms with van der Waals surface area (Å²) < 4.78 is 5.40. The number of allylic oxidation sites excluding steroid dienone is 3. The molecule has 1 aliphatic heterocycles.